The summed E-state index contributed by atoms with van der Waals surface area (Å²) < 4.78 is 0. The van der Waals surface area contributed by atoms with Crippen LogP contribution in [0, 0.1) is 13.8 Å². The molecule has 0 spiro atoms. The quantitative estimate of drug-likeness (QED) is 0.748. The Morgan fingerprint density at radius 1 is 1.32 bits per heavy atom. The van der Waals surface area contributed by atoms with Gasteiger partial charge in [0, 0.05) is 6.20 Å². The molecule has 0 atom stereocenters. The zero-order chi connectivity index (χ0) is 18.1. The third-order valence-corrected chi connectivity index (χ3v) is 4.86. The fourth-order valence-corrected chi connectivity index (χ4v) is 3.59. The van der Waals surface area contributed by atoms with Crippen LogP contribution in [0.2, 0.25) is 0 Å². The van der Waals surface area contributed by atoms with E-state index in [1.165, 1.54) is 11.3 Å². The number of carbonyl (C=O) groups is 1. The minimum Gasteiger partial charge on any atom is -0.309 e. The van der Waals surface area contributed by atoms with Crippen molar-refractivity contribution in [1.29, 1.82) is 0 Å². The summed E-state index contributed by atoms with van der Waals surface area (Å²) >= 11 is 1.22. The maximum absolute atomic E-state index is 12.6. The van der Waals surface area contributed by atoms with Crippen LogP contribution in [0.4, 0.5) is 5.82 Å². The molecule has 3 rings (SSSR count). The topological polar surface area (TPSA) is 91.0 Å². The molecule has 0 aliphatic rings. The number of thiophene rings is 1. The van der Waals surface area contributed by atoms with Gasteiger partial charge < -0.3 is 15.2 Å². The Morgan fingerprint density at radius 2 is 2.08 bits per heavy atom. The number of nitrogens with zero attached hydrogens (tertiary/aromatic N) is 3. The minimum absolute atomic E-state index is 0.219. The summed E-state index contributed by atoms with van der Waals surface area (Å²) in [6, 6.07) is 3.62. The summed E-state index contributed by atoms with van der Waals surface area (Å²) in [5.41, 5.74) is 1.43. The van der Waals surface area contributed by atoms with E-state index in [9.17, 15) is 9.59 Å². The van der Waals surface area contributed by atoms with Crippen LogP contribution >= 0.6 is 11.3 Å². The SMILES string of the molecule is Cc1ccc(NC(=O)c2sc3nc(CN(C)C)[nH]c(=O)c3c2C)nc1. The Morgan fingerprint density at radius 3 is 2.72 bits per heavy atom. The molecule has 0 unspecified atom stereocenters. The molecular formula is C17H19N5O2S. The number of rotatable bonds is 4. The van der Waals surface area contributed by atoms with Crippen molar-refractivity contribution in [2.24, 2.45) is 0 Å². The van der Waals surface area contributed by atoms with E-state index in [0.29, 0.717) is 38.8 Å². The Kier molecular flexibility index (Phi) is 4.65. The number of hydrogen-bond acceptors (Lipinski definition) is 6. The lowest BCUT2D eigenvalue weighted by atomic mass is 10.2. The molecule has 8 heteroatoms. The van der Waals surface area contributed by atoms with E-state index in [4.69, 9.17) is 0 Å². The molecule has 0 aliphatic carbocycles. The van der Waals surface area contributed by atoms with Crippen molar-refractivity contribution >= 4 is 33.3 Å². The highest BCUT2D eigenvalue weighted by atomic mass is 32.1. The van der Waals surface area contributed by atoms with Gasteiger partial charge in [-0.2, -0.15) is 0 Å². The molecule has 25 heavy (non-hydrogen) atoms. The zero-order valence-electron chi connectivity index (χ0n) is 14.5. The second-order valence-electron chi connectivity index (χ2n) is 6.16. The zero-order valence-corrected chi connectivity index (χ0v) is 15.3. The molecule has 3 heterocycles. The largest absolute Gasteiger partial charge is 0.309 e. The summed E-state index contributed by atoms with van der Waals surface area (Å²) in [5.74, 6) is 0.768. The molecule has 0 aliphatic heterocycles. The average Bonchev–Trinajstić information content (AvgIpc) is 2.86. The number of anilines is 1. The van der Waals surface area contributed by atoms with Crippen LogP contribution in [0.25, 0.3) is 10.2 Å². The highest BCUT2D eigenvalue weighted by molar-refractivity contribution is 7.20. The van der Waals surface area contributed by atoms with Crippen molar-refractivity contribution in [2.75, 3.05) is 19.4 Å². The maximum Gasteiger partial charge on any atom is 0.267 e. The number of H-pyrrole nitrogens is 1. The van der Waals surface area contributed by atoms with Crippen LogP contribution in [0.1, 0.15) is 26.6 Å². The summed E-state index contributed by atoms with van der Waals surface area (Å²) in [4.78, 5) is 39.4. The van der Waals surface area contributed by atoms with Gasteiger partial charge in [-0.15, -0.1) is 11.3 Å². The van der Waals surface area contributed by atoms with E-state index in [1.54, 1.807) is 19.2 Å². The van der Waals surface area contributed by atoms with Gasteiger partial charge in [0.25, 0.3) is 11.5 Å². The van der Waals surface area contributed by atoms with E-state index in [-0.39, 0.29) is 11.5 Å². The highest BCUT2D eigenvalue weighted by Crippen LogP contribution is 2.27. The van der Waals surface area contributed by atoms with Crippen LogP contribution in [0.15, 0.2) is 23.1 Å². The van der Waals surface area contributed by atoms with Crippen molar-refractivity contribution in [2.45, 2.75) is 20.4 Å². The predicted octanol–water partition coefficient (Wildman–Crippen LogP) is 2.31. The molecule has 2 N–H and O–H groups in total. The van der Waals surface area contributed by atoms with Crippen LogP contribution in [0.3, 0.4) is 0 Å². The van der Waals surface area contributed by atoms with Crippen molar-refractivity contribution < 1.29 is 4.79 Å². The van der Waals surface area contributed by atoms with Gasteiger partial charge in [0.1, 0.15) is 16.5 Å². The highest BCUT2D eigenvalue weighted by Gasteiger charge is 2.19. The molecule has 0 aromatic carbocycles. The molecule has 0 bridgehead atoms. The molecule has 1 amide bonds. The number of carbonyl (C=O) groups excluding carboxylic acids is 1. The van der Waals surface area contributed by atoms with Gasteiger partial charge in [-0.05, 0) is 45.1 Å². The van der Waals surface area contributed by atoms with Crippen molar-refractivity contribution in [1.82, 2.24) is 19.9 Å². The standard InChI is InChI=1S/C17H19N5O2S/c1-9-5-6-11(18-7-9)19-16(24)14-10(2)13-15(23)20-12(8-22(3)4)21-17(13)25-14/h5-7H,8H2,1-4H3,(H,18,19,24)(H,20,21,23). The van der Waals surface area contributed by atoms with Crippen LogP contribution in [-0.4, -0.2) is 39.9 Å². The number of pyridine rings is 1. The second-order valence-corrected chi connectivity index (χ2v) is 7.16. The summed E-state index contributed by atoms with van der Waals surface area (Å²) in [6.45, 7) is 4.22. The van der Waals surface area contributed by atoms with Gasteiger partial charge in [-0.1, -0.05) is 6.07 Å². The van der Waals surface area contributed by atoms with E-state index in [2.05, 4.69) is 20.3 Å². The lowest BCUT2D eigenvalue weighted by Crippen LogP contribution is -2.18. The number of aryl methyl sites for hydroxylation is 2. The second kappa shape index (κ2) is 6.73. The number of fused-ring (bicyclic) bond motifs is 1. The Bertz CT molecular complexity index is 989. The fraction of sp³-hybridized carbons (Fsp3) is 0.294. The monoisotopic (exact) mass is 357 g/mol. The third kappa shape index (κ3) is 3.59. The number of nitrogens with one attached hydrogen (secondary N) is 2. The Balaban J connectivity index is 1.97. The first kappa shape index (κ1) is 17.2. The van der Waals surface area contributed by atoms with E-state index < -0.39 is 0 Å². The van der Waals surface area contributed by atoms with E-state index in [0.717, 1.165) is 5.56 Å². The first-order valence-corrected chi connectivity index (χ1v) is 8.58. The van der Waals surface area contributed by atoms with Gasteiger partial charge in [0.05, 0.1) is 16.8 Å². The van der Waals surface area contributed by atoms with Crippen molar-refractivity contribution in [3.8, 4) is 0 Å². The Hall–Kier alpha value is -2.58. The number of hydrogen-bond donors (Lipinski definition) is 2. The summed E-state index contributed by atoms with van der Waals surface area (Å²) in [6.07, 6.45) is 1.69. The predicted molar refractivity (Wildman–Crippen MR) is 99.3 cm³/mol. The van der Waals surface area contributed by atoms with Gasteiger partial charge in [-0.3, -0.25) is 9.59 Å². The molecule has 0 saturated heterocycles. The molecule has 0 saturated carbocycles. The first-order chi connectivity index (χ1) is 11.8. The average molecular weight is 357 g/mol. The smallest absolute Gasteiger partial charge is 0.267 e. The summed E-state index contributed by atoms with van der Waals surface area (Å²) in [5, 5.41) is 3.23. The molecule has 7 nitrogen and oxygen atoms in total. The first-order valence-electron chi connectivity index (χ1n) is 7.76. The van der Waals surface area contributed by atoms with Crippen LogP contribution in [0.5, 0.6) is 0 Å². The van der Waals surface area contributed by atoms with Crippen molar-refractivity contribution in [3.63, 3.8) is 0 Å². The number of amides is 1. The minimum atomic E-state index is -0.287. The molecule has 3 aromatic rings. The molecule has 0 radical (unpaired) electrons. The van der Waals surface area contributed by atoms with Crippen molar-refractivity contribution in [3.05, 3.63) is 50.5 Å². The summed E-state index contributed by atoms with van der Waals surface area (Å²) in [7, 11) is 3.80. The van der Waals surface area contributed by atoms with E-state index >= 15 is 0 Å². The Labute approximate surface area is 148 Å². The van der Waals surface area contributed by atoms with Gasteiger partial charge >= 0.3 is 0 Å². The molecular weight excluding hydrogens is 338 g/mol. The van der Waals surface area contributed by atoms with Crippen LogP contribution in [-0.2, 0) is 6.54 Å². The molecule has 3 aromatic heterocycles. The normalized spacial score (nSPS) is 11.2. The lowest BCUT2D eigenvalue weighted by Gasteiger charge is -2.07. The van der Waals surface area contributed by atoms with Gasteiger partial charge in [-0.25, -0.2) is 9.97 Å². The number of aromatic nitrogens is 3. The fourth-order valence-electron chi connectivity index (χ4n) is 2.49. The maximum atomic E-state index is 12.6. The number of aromatic amines is 1. The van der Waals surface area contributed by atoms with Crippen LogP contribution < -0.4 is 10.9 Å². The lowest BCUT2D eigenvalue weighted by molar-refractivity contribution is 0.102. The third-order valence-electron chi connectivity index (χ3n) is 3.67. The van der Waals surface area contributed by atoms with Gasteiger partial charge in [0.2, 0.25) is 0 Å². The molecule has 0 fully saturated rings. The van der Waals surface area contributed by atoms with E-state index in [1.807, 2.05) is 32.0 Å². The van der Waals surface area contributed by atoms with Gasteiger partial charge in [0.15, 0.2) is 0 Å². The molecule has 130 valence electrons.